The van der Waals surface area contributed by atoms with Gasteiger partial charge in [0, 0.05) is 25.2 Å². The number of rotatable bonds is 6. The molecule has 1 aliphatic rings. The molecule has 0 unspecified atom stereocenters. The third-order valence-corrected chi connectivity index (χ3v) is 5.94. The topological polar surface area (TPSA) is 115 Å². The van der Waals surface area contributed by atoms with Gasteiger partial charge in [-0.1, -0.05) is 11.3 Å². The zero-order valence-electron chi connectivity index (χ0n) is 16.8. The Kier molecular flexibility index (Phi) is 5.81. The van der Waals surface area contributed by atoms with E-state index >= 15 is 0 Å². The summed E-state index contributed by atoms with van der Waals surface area (Å²) < 4.78 is 5.74. The van der Waals surface area contributed by atoms with E-state index in [-0.39, 0.29) is 17.9 Å². The molecule has 4 rings (SSSR count). The number of hydrogen-bond donors (Lipinski definition) is 1. The van der Waals surface area contributed by atoms with Crippen molar-refractivity contribution >= 4 is 49.9 Å². The fraction of sp³-hybridized carbons (Fsp3) is 0.286. The molecule has 1 N–H and O–H groups in total. The van der Waals surface area contributed by atoms with Gasteiger partial charge < -0.3 is 9.64 Å². The van der Waals surface area contributed by atoms with Crippen LogP contribution in [0.15, 0.2) is 36.4 Å². The van der Waals surface area contributed by atoms with Gasteiger partial charge in [0.15, 0.2) is 5.13 Å². The van der Waals surface area contributed by atoms with Crippen molar-refractivity contribution in [1.29, 1.82) is 0 Å². The summed E-state index contributed by atoms with van der Waals surface area (Å²) >= 11 is 1.22. The highest BCUT2D eigenvalue weighted by Crippen LogP contribution is 2.31. The minimum atomic E-state index is -0.515. The number of fused-ring (bicyclic) bond motifs is 1. The molecule has 1 amide bonds. The molecule has 0 aliphatic carbocycles. The molecule has 0 atom stereocenters. The van der Waals surface area contributed by atoms with Crippen molar-refractivity contribution in [1.82, 2.24) is 4.98 Å². The Morgan fingerprint density at radius 2 is 2.00 bits per heavy atom. The Hall–Kier alpha value is -3.53. The van der Waals surface area contributed by atoms with Crippen LogP contribution in [-0.4, -0.2) is 41.5 Å². The van der Waals surface area contributed by atoms with Crippen LogP contribution in [0.4, 0.5) is 16.5 Å². The largest absolute Gasteiger partial charge is 0.462 e. The molecular formula is C21H20N4O5S. The molecule has 1 saturated heterocycles. The molecule has 1 aromatic heterocycles. The molecule has 160 valence electrons. The summed E-state index contributed by atoms with van der Waals surface area (Å²) in [6.45, 7) is 3.62. The molecule has 3 aromatic rings. The summed E-state index contributed by atoms with van der Waals surface area (Å²) in [6, 6.07) is 9.33. The summed E-state index contributed by atoms with van der Waals surface area (Å²) in [4.78, 5) is 42.1. The number of amides is 1. The standard InChI is InChI=1S/C21H20N4O5S/c1-2-30-20(27)13-5-7-16-18(11-13)31-21(22-16)23-19(26)15-12-14(25(28)29)6-8-17(15)24-9-3-4-10-24/h5-8,11-12H,2-4,9-10H2,1H3,(H,22,23,26). The van der Waals surface area contributed by atoms with Crippen molar-refractivity contribution in [3.63, 3.8) is 0 Å². The molecule has 0 radical (unpaired) electrons. The summed E-state index contributed by atoms with van der Waals surface area (Å²) in [5, 5.41) is 14.3. The minimum Gasteiger partial charge on any atom is -0.462 e. The normalized spacial score (nSPS) is 13.4. The van der Waals surface area contributed by atoms with Crippen LogP contribution in [0.2, 0.25) is 0 Å². The number of carbonyl (C=O) groups is 2. The van der Waals surface area contributed by atoms with Crippen molar-refractivity contribution in [2.45, 2.75) is 19.8 Å². The number of nitro benzene ring substituents is 1. The number of nitrogens with one attached hydrogen (secondary N) is 1. The lowest BCUT2D eigenvalue weighted by Gasteiger charge is -2.20. The second kappa shape index (κ2) is 8.68. The van der Waals surface area contributed by atoms with Crippen LogP contribution in [-0.2, 0) is 4.74 Å². The number of esters is 1. The summed E-state index contributed by atoms with van der Waals surface area (Å²) in [5.41, 5.74) is 1.81. The van der Waals surface area contributed by atoms with Crippen LogP contribution >= 0.6 is 11.3 Å². The summed E-state index contributed by atoms with van der Waals surface area (Å²) in [7, 11) is 0. The first kappa shape index (κ1) is 20.7. The highest BCUT2D eigenvalue weighted by Gasteiger charge is 2.23. The van der Waals surface area contributed by atoms with Crippen LogP contribution in [0.5, 0.6) is 0 Å². The maximum atomic E-state index is 13.0. The van der Waals surface area contributed by atoms with Gasteiger partial charge >= 0.3 is 5.97 Å². The fourth-order valence-electron chi connectivity index (χ4n) is 3.54. The molecule has 0 saturated carbocycles. The maximum absolute atomic E-state index is 13.0. The zero-order valence-corrected chi connectivity index (χ0v) is 17.6. The quantitative estimate of drug-likeness (QED) is 0.346. The fourth-order valence-corrected chi connectivity index (χ4v) is 4.44. The smallest absolute Gasteiger partial charge is 0.338 e. The highest BCUT2D eigenvalue weighted by atomic mass is 32.1. The van der Waals surface area contributed by atoms with Crippen molar-refractivity contribution < 1.29 is 19.2 Å². The number of thiazole rings is 1. The van der Waals surface area contributed by atoms with Crippen molar-refractivity contribution in [2.75, 3.05) is 29.9 Å². The van der Waals surface area contributed by atoms with Gasteiger partial charge in [-0.25, -0.2) is 9.78 Å². The average Bonchev–Trinajstić information content (AvgIpc) is 3.42. The van der Waals surface area contributed by atoms with Crippen LogP contribution in [0.3, 0.4) is 0 Å². The van der Waals surface area contributed by atoms with E-state index in [0.717, 1.165) is 30.6 Å². The maximum Gasteiger partial charge on any atom is 0.338 e. The highest BCUT2D eigenvalue weighted by molar-refractivity contribution is 7.22. The van der Waals surface area contributed by atoms with Crippen LogP contribution in [0.1, 0.15) is 40.5 Å². The van der Waals surface area contributed by atoms with Gasteiger partial charge in [-0.05, 0) is 44.0 Å². The second-order valence-electron chi connectivity index (χ2n) is 7.03. The van der Waals surface area contributed by atoms with Crippen molar-refractivity contribution in [2.24, 2.45) is 0 Å². The molecule has 0 spiro atoms. The Bertz CT molecular complexity index is 1170. The molecule has 0 bridgehead atoms. The van der Waals surface area contributed by atoms with Crippen molar-refractivity contribution in [3.05, 3.63) is 57.6 Å². The third kappa shape index (κ3) is 4.33. The number of aromatic nitrogens is 1. The van der Waals surface area contributed by atoms with E-state index in [1.54, 1.807) is 31.2 Å². The first-order valence-corrected chi connectivity index (χ1v) is 10.7. The van der Waals surface area contributed by atoms with E-state index in [1.807, 2.05) is 0 Å². The minimum absolute atomic E-state index is 0.142. The zero-order chi connectivity index (χ0) is 22.0. The Labute approximate surface area is 181 Å². The number of benzene rings is 2. The van der Waals surface area contributed by atoms with Gasteiger partial charge in [0.25, 0.3) is 11.6 Å². The van der Waals surface area contributed by atoms with E-state index in [1.165, 1.54) is 23.5 Å². The van der Waals surface area contributed by atoms with Crippen molar-refractivity contribution in [3.8, 4) is 0 Å². The lowest BCUT2D eigenvalue weighted by Crippen LogP contribution is -2.23. The van der Waals surface area contributed by atoms with Gasteiger partial charge in [0.2, 0.25) is 0 Å². The number of ether oxygens (including phenoxy) is 1. The predicted octanol–water partition coefficient (Wildman–Crippen LogP) is 4.23. The molecule has 31 heavy (non-hydrogen) atoms. The first-order valence-electron chi connectivity index (χ1n) is 9.88. The molecular weight excluding hydrogens is 420 g/mol. The van der Waals surface area contributed by atoms with E-state index in [4.69, 9.17) is 4.74 Å². The molecule has 2 heterocycles. The van der Waals surface area contributed by atoms with Crippen LogP contribution < -0.4 is 10.2 Å². The Balaban J connectivity index is 1.62. The van der Waals surface area contributed by atoms with E-state index < -0.39 is 16.8 Å². The van der Waals surface area contributed by atoms with Crippen LogP contribution in [0, 0.1) is 10.1 Å². The second-order valence-corrected chi connectivity index (χ2v) is 8.06. The molecule has 2 aromatic carbocycles. The first-order chi connectivity index (χ1) is 15.0. The third-order valence-electron chi connectivity index (χ3n) is 5.00. The molecule has 1 fully saturated rings. The van der Waals surface area contributed by atoms with Gasteiger partial charge in [0.05, 0.1) is 38.6 Å². The SMILES string of the molecule is CCOC(=O)c1ccc2nc(NC(=O)c3cc([N+](=O)[O-])ccc3N3CCCC3)sc2c1. The van der Waals surface area contributed by atoms with E-state index in [9.17, 15) is 19.7 Å². The molecule has 9 nitrogen and oxygen atoms in total. The van der Waals surface area contributed by atoms with Crippen LogP contribution in [0.25, 0.3) is 10.2 Å². The number of nitro groups is 1. The number of anilines is 2. The van der Waals surface area contributed by atoms with E-state index in [2.05, 4.69) is 15.2 Å². The summed E-state index contributed by atoms with van der Waals surface area (Å²) in [6.07, 6.45) is 2.03. The lowest BCUT2D eigenvalue weighted by atomic mass is 10.1. The number of non-ortho nitro benzene ring substituents is 1. The van der Waals surface area contributed by atoms with Gasteiger partial charge in [0.1, 0.15) is 0 Å². The number of carbonyl (C=O) groups excluding carboxylic acids is 2. The predicted molar refractivity (Wildman–Crippen MR) is 118 cm³/mol. The van der Waals surface area contributed by atoms with Gasteiger partial charge in [-0.2, -0.15) is 0 Å². The molecule has 10 heteroatoms. The average molecular weight is 440 g/mol. The Morgan fingerprint density at radius 3 is 2.71 bits per heavy atom. The van der Waals surface area contributed by atoms with Gasteiger partial charge in [-0.15, -0.1) is 0 Å². The Morgan fingerprint density at radius 1 is 1.23 bits per heavy atom. The van der Waals surface area contributed by atoms with Gasteiger partial charge in [-0.3, -0.25) is 20.2 Å². The lowest BCUT2D eigenvalue weighted by molar-refractivity contribution is -0.384. The monoisotopic (exact) mass is 440 g/mol. The number of nitrogens with zero attached hydrogens (tertiary/aromatic N) is 3. The molecule has 1 aliphatic heterocycles. The summed E-state index contributed by atoms with van der Waals surface area (Å²) in [5.74, 6) is -0.884. The number of hydrogen-bond acceptors (Lipinski definition) is 8. The van der Waals surface area contributed by atoms with E-state index in [0.29, 0.717) is 21.9 Å².